The maximum Gasteiger partial charge on any atom is 0.336 e. The van der Waals surface area contributed by atoms with Gasteiger partial charge in [-0.05, 0) is 32.0 Å². The van der Waals surface area contributed by atoms with Crippen LogP contribution in [0.15, 0.2) is 33.5 Å². The average molecular weight is 288 g/mol. The molecule has 0 aliphatic carbocycles. The summed E-state index contributed by atoms with van der Waals surface area (Å²) >= 11 is 0. The zero-order chi connectivity index (χ0) is 15.2. The molecule has 1 aromatic carbocycles. The summed E-state index contributed by atoms with van der Waals surface area (Å²) in [5.41, 5.74) is 0.238. The van der Waals surface area contributed by atoms with E-state index in [0.717, 1.165) is 10.9 Å². The first-order chi connectivity index (χ1) is 9.87. The van der Waals surface area contributed by atoms with Crippen molar-refractivity contribution in [3.8, 4) is 5.75 Å². The predicted molar refractivity (Wildman–Crippen MR) is 76.4 cm³/mol. The molecule has 0 fully saturated rings. The number of carbonyl (C=O) groups is 1. The van der Waals surface area contributed by atoms with Gasteiger partial charge < -0.3 is 13.9 Å². The first-order valence-electron chi connectivity index (χ1n) is 6.79. The highest BCUT2D eigenvalue weighted by atomic mass is 16.6. The lowest BCUT2D eigenvalue weighted by Crippen LogP contribution is -2.43. The van der Waals surface area contributed by atoms with Crippen LogP contribution in [0.5, 0.6) is 5.75 Å². The van der Waals surface area contributed by atoms with Crippen molar-refractivity contribution in [3.05, 3.63) is 40.2 Å². The lowest BCUT2D eigenvalue weighted by Gasteiger charge is -2.30. The Morgan fingerprint density at radius 2 is 2.00 bits per heavy atom. The van der Waals surface area contributed by atoms with E-state index >= 15 is 0 Å². The molecule has 1 aliphatic heterocycles. The Morgan fingerprint density at radius 1 is 1.29 bits per heavy atom. The number of benzene rings is 1. The van der Waals surface area contributed by atoms with E-state index in [1.54, 1.807) is 6.07 Å². The van der Waals surface area contributed by atoms with E-state index in [-0.39, 0.29) is 12.1 Å². The molecule has 0 amide bonds. The number of hydrogen-bond acceptors (Lipinski definition) is 5. The number of ether oxygens (including phenoxy) is 2. The van der Waals surface area contributed by atoms with Gasteiger partial charge in [-0.25, -0.2) is 4.79 Å². The van der Waals surface area contributed by atoms with Crippen LogP contribution in [0.3, 0.4) is 0 Å². The highest BCUT2D eigenvalue weighted by Gasteiger charge is 2.40. The minimum absolute atomic E-state index is 0.312. The van der Waals surface area contributed by atoms with Crippen molar-refractivity contribution in [1.29, 1.82) is 0 Å². The second-order valence-electron chi connectivity index (χ2n) is 5.72. The normalized spacial score (nSPS) is 17.4. The van der Waals surface area contributed by atoms with Crippen molar-refractivity contribution < 1.29 is 18.7 Å². The number of esters is 1. The third-order valence-corrected chi connectivity index (χ3v) is 3.69. The molecule has 110 valence electrons. The van der Waals surface area contributed by atoms with Crippen molar-refractivity contribution in [3.63, 3.8) is 0 Å². The van der Waals surface area contributed by atoms with Crippen LogP contribution in [0.1, 0.15) is 26.3 Å². The summed E-state index contributed by atoms with van der Waals surface area (Å²) in [5.74, 6) is 0.318. The van der Waals surface area contributed by atoms with Gasteiger partial charge >= 0.3 is 11.6 Å². The number of rotatable bonds is 2. The first-order valence-corrected chi connectivity index (χ1v) is 6.79. The molecule has 1 atom stereocenters. The van der Waals surface area contributed by atoms with Crippen LogP contribution >= 0.6 is 0 Å². The summed E-state index contributed by atoms with van der Waals surface area (Å²) in [6.07, 6.45) is 0.215. The van der Waals surface area contributed by atoms with Crippen LogP contribution in [0.4, 0.5) is 0 Å². The van der Waals surface area contributed by atoms with Crippen molar-refractivity contribution in [2.75, 3.05) is 0 Å². The van der Waals surface area contributed by atoms with Gasteiger partial charge in [0.2, 0.25) is 0 Å². The van der Waals surface area contributed by atoms with Gasteiger partial charge in [-0.2, -0.15) is 0 Å². The summed E-state index contributed by atoms with van der Waals surface area (Å²) in [4.78, 5) is 22.6. The molecule has 3 rings (SSSR count). The van der Waals surface area contributed by atoms with Crippen LogP contribution in [0.25, 0.3) is 11.0 Å². The molecule has 5 heteroatoms. The highest BCUT2D eigenvalue weighted by molar-refractivity contribution is 5.82. The van der Waals surface area contributed by atoms with Crippen molar-refractivity contribution in [1.82, 2.24) is 0 Å². The lowest BCUT2D eigenvalue weighted by molar-refractivity contribution is -0.161. The molecular weight excluding hydrogens is 272 g/mol. The van der Waals surface area contributed by atoms with Gasteiger partial charge in [-0.3, -0.25) is 4.79 Å². The number of carbonyl (C=O) groups excluding carboxylic acids is 1. The predicted octanol–water partition coefficient (Wildman–Crippen LogP) is 2.44. The van der Waals surface area contributed by atoms with Gasteiger partial charge in [0, 0.05) is 30.4 Å². The molecule has 0 radical (unpaired) electrons. The van der Waals surface area contributed by atoms with Crippen molar-refractivity contribution in [2.24, 2.45) is 0 Å². The van der Waals surface area contributed by atoms with Crippen molar-refractivity contribution in [2.45, 2.75) is 38.9 Å². The molecule has 0 N–H and O–H groups in total. The van der Waals surface area contributed by atoms with Crippen LogP contribution in [0, 0.1) is 0 Å². The summed E-state index contributed by atoms with van der Waals surface area (Å²) in [5, 5.41) is 0.850. The quantitative estimate of drug-likeness (QED) is 0.627. The molecule has 0 spiro atoms. The Kier molecular flexibility index (Phi) is 3.01. The van der Waals surface area contributed by atoms with Gasteiger partial charge in [0.15, 0.2) is 0 Å². The van der Waals surface area contributed by atoms with Crippen LogP contribution in [-0.4, -0.2) is 17.7 Å². The summed E-state index contributed by atoms with van der Waals surface area (Å²) in [6, 6.07) is 6.82. The van der Waals surface area contributed by atoms with E-state index in [4.69, 9.17) is 13.9 Å². The van der Waals surface area contributed by atoms with E-state index in [2.05, 4.69) is 0 Å². The Balaban J connectivity index is 2.01. The fourth-order valence-electron chi connectivity index (χ4n) is 2.68. The van der Waals surface area contributed by atoms with Gasteiger partial charge in [-0.1, -0.05) is 0 Å². The van der Waals surface area contributed by atoms with E-state index in [1.165, 1.54) is 13.0 Å². The molecule has 0 bridgehead atoms. The number of hydrogen-bond donors (Lipinski definition) is 0. The summed E-state index contributed by atoms with van der Waals surface area (Å²) in [6.45, 7) is 4.99. The Bertz CT molecular complexity index is 772. The molecule has 5 nitrogen and oxygen atoms in total. The fraction of sp³-hybridized carbons (Fsp3) is 0.375. The second kappa shape index (κ2) is 4.62. The van der Waals surface area contributed by atoms with Crippen LogP contribution in [-0.2, 0) is 16.0 Å². The van der Waals surface area contributed by atoms with E-state index in [0.29, 0.717) is 17.8 Å². The Labute approximate surface area is 121 Å². The molecule has 0 saturated heterocycles. The first kappa shape index (κ1) is 13.7. The van der Waals surface area contributed by atoms with E-state index in [1.807, 2.05) is 26.0 Å². The van der Waals surface area contributed by atoms with Gasteiger partial charge in [0.25, 0.3) is 0 Å². The van der Waals surface area contributed by atoms with Gasteiger partial charge in [0.05, 0.1) is 0 Å². The molecule has 1 unspecified atom stereocenters. The third kappa shape index (κ3) is 2.39. The fourth-order valence-corrected chi connectivity index (χ4v) is 2.68. The van der Waals surface area contributed by atoms with Crippen LogP contribution < -0.4 is 10.4 Å². The average Bonchev–Trinajstić information content (AvgIpc) is 2.82. The molecule has 0 saturated carbocycles. The summed E-state index contributed by atoms with van der Waals surface area (Å²) in [7, 11) is 0. The molecule has 21 heavy (non-hydrogen) atoms. The monoisotopic (exact) mass is 288 g/mol. The molecule has 1 aliphatic rings. The largest absolute Gasteiger partial charge is 0.485 e. The van der Waals surface area contributed by atoms with Crippen LogP contribution in [0.2, 0.25) is 0 Å². The minimum atomic E-state index is -0.758. The maximum atomic E-state index is 11.4. The Hall–Kier alpha value is -2.30. The van der Waals surface area contributed by atoms with E-state index in [9.17, 15) is 9.59 Å². The standard InChI is InChI=1S/C16H16O5/c1-9(17)21-16(2,3)13-8-11-12(19-13)6-4-10-5-7-14(18)20-15(10)11/h4-7,13H,8H2,1-3H3. The van der Waals surface area contributed by atoms with Crippen molar-refractivity contribution >= 4 is 16.9 Å². The molecule has 2 aromatic rings. The lowest BCUT2D eigenvalue weighted by atomic mass is 9.96. The van der Waals surface area contributed by atoms with Gasteiger partial charge in [0.1, 0.15) is 23.0 Å². The van der Waals surface area contributed by atoms with E-state index < -0.39 is 11.2 Å². The molecule has 1 aromatic heterocycles. The molecular formula is C16H16O5. The minimum Gasteiger partial charge on any atom is -0.485 e. The third-order valence-electron chi connectivity index (χ3n) is 3.69. The smallest absolute Gasteiger partial charge is 0.336 e. The maximum absolute atomic E-state index is 11.4. The second-order valence-corrected chi connectivity index (χ2v) is 5.72. The Morgan fingerprint density at radius 3 is 2.71 bits per heavy atom. The van der Waals surface area contributed by atoms with Gasteiger partial charge in [-0.15, -0.1) is 0 Å². The SMILES string of the molecule is CC(=O)OC(C)(C)C1Cc2c(ccc3ccc(=O)oc23)O1. The highest BCUT2D eigenvalue weighted by Crippen LogP contribution is 2.38. The number of fused-ring (bicyclic) bond motifs is 3. The zero-order valence-electron chi connectivity index (χ0n) is 12.1. The summed E-state index contributed by atoms with van der Waals surface area (Å²) < 4.78 is 16.5. The zero-order valence-corrected chi connectivity index (χ0v) is 12.1. The topological polar surface area (TPSA) is 65.7 Å². The molecule has 2 heterocycles.